The number of aromatic amines is 1. The third-order valence-corrected chi connectivity index (χ3v) is 3.41. The molecule has 0 amide bonds. The first-order chi connectivity index (χ1) is 9.54. The molecule has 0 radical (unpaired) electrons. The maximum Gasteiger partial charge on any atom is 0.307 e. The van der Waals surface area contributed by atoms with E-state index >= 15 is 0 Å². The van der Waals surface area contributed by atoms with Gasteiger partial charge in [0.2, 0.25) is 0 Å². The fourth-order valence-corrected chi connectivity index (χ4v) is 2.45. The minimum absolute atomic E-state index is 0.108. The first-order valence-electron chi connectivity index (χ1n) is 6.00. The highest BCUT2D eigenvalue weighted by molar-refractivity contribution is 6.31. The molecule has 0 aliphatic carbocycles. The molecule has 3 rings (SSSR count). The van der Waals surface area contributed by atoms with Gasteiger partial charge in [0.15, 0.2) is 5.43 Å². The van der Waals surface area contributed by atoms with Gasteiger partial charge < -0.3 is 10.1 Å². The number of carbonyl (C=O) groups is 1. The summed E-state index contributed by atoms with van der Waals surface area (Å²) in [6.45, 7) is 0. The van der Waals surface area contributed by atoms with Crippen molar-refractivity contribution in [3.8, 4) is 0 Å². The van der Waals surface area contributed by atoms with E-state index in [0.717, 1.165) is 0 Å². The predicted molar refractivity (Wildman–Crippen MR) is 78.4 cm³/mol. The van der Waals surface area contributed by atoms with Gasteiger partial charge in [0.25, 0.3) is 0 Å². The summed E-state index contributed by atoms with van der Waals surface area (Å²) < 4.78 is 0. The summed E-state index contributed by atoms with van der Waals surface area (Å²) >= 11 is 5.91. The van der Waals surface area contributed by atoms with Gasteiger partial charge in [0.05, 0.1) is 6.42 Å². The van der Waals surface area contributed by atoms with E-state index in [2.05, 4.69) is 4.98 Å². The molecule has 4 nitrogen and oxygen atoms in total. The molecule has 5 heteroatoms. The second-order valence-electron chi connectivity index (χ2n) is 4.59. The number of carboxylic acids is 1. The normalized spacial score (nSPS) is 11.1. The molecule has 0 fully saturated rings. The molecule has 2 aromatic carbocycles. The number of fused-ring (bicyclic) bond motifs is 2. The van der Waals surface area contributed by atoms with Crippen molar-refractivity contribution in [1.82, 2.24) is 4.98 Å². The molecular weight excluding hydrogens is 278 g/mol. The molecule has 3 aromatic rings. The second-order valence-corrected chi connectivity index (χ2v) is 5.03. The first-order valence-corrected chi connectivity index (χ1v) is 6.38. The van der Waals surface area contributed by atoms with E-state index in [9.17, 15) is 9.59 Å². The van der Waals surface area contributed by atoms with Crippen molar-refractivity contribution in [3.05, 3.63) is 57.2 Å². The number of aliphatic carboxylic acids is 1. The lowest BCUT2D eigenvalue weighted by Gasteiger charge is -2.05. The van der Waals surface area contributed by atoms with E-state index in [1.165, 1.54) is 0 Å². The van der Waals surface area contributed by atoms with Crippen LogP contribution in [0.3, 0.4) is 0 Å². The third-order valence-electron chi connectivity index (χ3n) is 3.18. The maximum atomic E-state index is 12.5. The Morgan fingerprint density at radius 1 is 1.10 bits per heavy atom. The molecule has 0 saturated carbocycles. The average molecular weight is 288 g/mol. The minimum Gasteiger partial charge on any atom is -0.481 e. The number of hydrogen-bond donors (Lipinski definition) is 2. The molecule has 0 bridgehead atoms. The average Bonchev–Trinajstić information content (AvgIpc) is 2.40. The monoisotopic (exact) mass is 287 g/mol. The van der Waals surface area contributed by atoms with E-state index < -0.39 is 5.97 Å². The molecule has 0 saturated heterocycles. The Morgan fingerprint density at radius 2 is 1.75 bits per heavy atom. The largest absolute Gasteiger partial charge is 0.481 e. The molecule has 0 aliphatic rings. The van der Waals surface area contributed by atoms with Gasteiger partial charge in [-0.15, -0.1) is 0 Å². The van der Waals surface area contributed by atoms with Crippen LogP contribution >= 0.6 is 11.6 Å². The second kappa shape index (κ2) is 4.65. The number of rotatable bonds is 2. The van der Waals surface area contributed by atoms with Crippen molar-refractivity contribution in [2.24, 2.45) is 0 Å². The molecule has 0 unspecified atom stereocenters. The highest BCUT2D eigenvalue weighted by atomic mass is 35.5. The van der Waals surface area contributed by atoms with Crippen LogP contribution in [0, 0.1) is 0 Å². The molecular formula is C15H10ClNO3. The van der Waals surface area contributed by atoms with Crippen molar-refractivity contribution in [3.63, 3.8) is 0 Å². The number of nitrogens with one attached hydrogen (secondary N) is 1. The van der Waals surface area contributed by atoms with Gasteiger partial charge in [-0.25, -0.2) is 0 Å². The Bertz CT molecular complexity index is 899. The fraction of sp³-hybridized carbons (Fsp3) is 0.0667. The smallest absolute Gasteiger partial charge is 0.307 e. The molecule has 100 valence electrons. The highest BCUT2D eigenvalue weighted by Gasteiger charge is 2.08. The van der Waals surface area contributed by atoms with Crippen molar-refractivity contribution in [2.45, 2.75) is 6.42 Å². The van der Waals surface area contributed by atoms with Crippen LogP contribution in [0.1, 0.15) is 5.56 Å². The Morgan fingerprint density at radius 3 is 2.45 bits per heavy atom. The summed E-state index contributed by atoms with van der Waals surface area (Å²) in [6, 6.07) is 10.1. The van der Waals surface area contributed by atoms with Crippen LogP contribution in [0.2, 0.25) is 5.02 Å². The molecule has 0 atom stereocenters. The van der Waals surface area contributed by atoms with Gasteiger partial charge >= 0.3 is 5.97 Å². The summed E-state index contributed by atoms with van der Waals surface area (Å²) in [5, 5.41) is 10.3. The van der Waals surface area contributed by atoms with Crippen molar-refractivity contribution >= 4 is 39.4 Å². The number of carboxylic acid groups (broad SMARTS) is 1. The lowest BCUT2D eigenvalue weighted by Crippen LogP contribution is -2.06. The fourth-order valence-electron chi connectivity index (χ4n) is 2.28. The van der Waals surface area contributed by atoms with Crippen molar-refractivity contribution in [2.75, 3.05) is 0 Å². The van der Waals surface area contributed by atoms with E-state index in [1.807, 2.05) is 0 Å². The number of benzene rings is 2. The zero-order chi connectivity index (χ0) is 14.3. The van der Waals surface area contributed by atoms with Gasteiger partial charge in [-0.2, -0.15) is 0 Å². The van der Waals surface area contributed by atoms with Crippen LogP contribution in [-0.2, 0) is 11.2 Å². The first kappa shape index (κ1) is 12.7. The zero-order valence-electron chi connectivity index (χ0n) is 10.3. The molecule has 1 heterocycles. The lowest BCUT2D eigenvalue weighted by atomic mass is 10.1. The van der Waals surface area contributed by atoms with E-state index in [4.69, 9.17) is 16.7 Å². The molecule has 0 aliphatic heterocycles. The van der Waals surface area contributed by atoms with Crippen LogP contribution in [0.25, 0.3) is 21.8 Å². The van der Waals surface area contributed by atoms with Gasteiger partial charge in [-0.05, 0) is 35.9 Å². The van der Waals surface area contributed by atoms with E-state index in [0.29, 0.717) is 32.4 Å². The number of pyridine rings is 1. The Hall–Kier alpha value is -2.33. The van der Waals surface area contributed by atoms with Crippen LogP contribution in [-0.4, -0.2) is 16.1 Å². The molecule has 0 spiro atoms. The van der Waals surface area contributed by atoms with Crippen LogP contribution < -0.4 is 5.43 Å². The number of hydrogen-bond acceptors (Lipinski definition) is 2. The Labute approximate surface area is 118 Å². The summed E-state index contributed by atoms with van der Waals surface area (Å²) in [5.41, 5.74) is 1.83. The Kier molecular flexibility index (Phi) is 2.95. The van der Waals surface area contributed by atoms with Crippen molar-refractivity contribution < 1.29 is 9.90 Å². The van der Waals surface area contributed by atoms with E-state index in [-0.39, 0.29) is 11.8 Å². The topological polar surface area (TPSA) is 70.2 Å². The number of H-pyrrole nitrogens is 1. The maximum absolute atomic E-state index is 12.5. The van der Waals surface area contributed by atoms with Crippen LogP contribution in [0.5, 0.6) is 0 Å². The number of aromatic nitrogens is 1. The highest BCUT2D eigenvalue weighted by Crippen LogP contribution is 2.19. The van der Waals surface area contributed by atoms with Crippen molar-refractivity contribution in [1.29, 1.82) is 0 Å². The summed E-state index contributed by atoms with van der Waals surface area (Å²) in [7, 11) is 0. The van der Waals surface area contributed by atoms with Gasteiger partial charge in [-0.1, -0.05) is 17.7 Å². The molecule has 1 aromatic heterocycles. The SMILES string of the molecule is O=C(O)Cc1ccc2[nH]c3ccc(Cl)cc3c(=O)c2c1. The predicted octanol–water partition coefficient (Wildman–Crippen LogP) is 2.96. The van der Waals surface area contributed by atoms with Gasteiger partial charge in [0, 0.05) is 26.8 Å². The number of halogens is 1. The summed E-state index contributed by atoms with van der Waals surface area (Å²) in [5.74, 6) is -0.926. The Balaban J connectivity index is 2.33. The zero-order valence-corrected chi connectivity index (χ0v) is 11.1. The van der Waals surface area contributed by atoms with Gasteiger partial charge in [0.1, 0.15) is 0 Å². The van der Waals surface area contributed by atoms with E-state index in [1.54, 1.807) is 36.4 Å². The third kappa shape index (κ3) is 2.14. The van der Waals surface area contributed by atoms with Crippen LogP contribution in [0.15, 0.2) is 41.2 Å². The molecule has 2 N–H and O–H groups in total. The van der Waals surface area contributed by atoms with Gasteiger partial charge in [-0.3, -0.25) is 9.59 Å². The lowest BCUT2D eigenvalue weighted by molar-refractivity contribution is -0.136. The standard InChI is InChI=1S/C15H10ClNO3/c16-9-2-4-13-11(7-9)15(20)10-5-8(6-14(18)19)1-3-12(10)17-13/h1-5,7H,6H2,(H,17,20)(H,18,19). The molecule has 20 heavy (non-hydrogen) atoms. The minimum atomic E-state index is -0.926. The summed E-state index contributed by atoms with van der Waals surface area (Å²) in [6.07, 6.45) is -0.108. The van der Waals surface area contributed by atoms with Crippen LogP contribution in [0.4, 0.5) is 0 Å². The summed E-state index contributed by atoms with van der Waals surface area (Å²) in [4.78, 5) is 26.3. The quantitative estimate of drug-likeness (QED) is 0.712.